The summed E-state index contributed by atoms with van der Waals surface area (Å²) in [5.41, 5.74) is 6.19. The Morgan fingerprint density at radius 2 is 1.94 bits per heavy atom. The van der Waals surface area contributed by atoms with E-state index in [9.17, 15) is 4.79 Å². The molecule has 0 radical (unpaired) electrons. The highest BCUT2D eigenvalue weighted by atomic mass is 16.6. The van der Waals surface area contributed by atoms with E-state index in [0.717, 1.165) is 37.6 Å². The molecule has 0 saturated heterocycles. The molecule has 4 rings (SSSR count). The Hall–Kier alpha value is -0.610. The highest BCUT2D eigenvalue weighted by Crippen LogP contribution is 2.66. The summed E-state index contributed by atoms with van der Waals surface area (Å²) in [4.78, 5) is 11.2. The van der Waals surface area contributed by atoms with Crippen molar-refractivity contribution in [1.82, 2.24) is 0 Å². The molecule has 0 aromatic carbocycles. The molecule has 4 bridgehead atoms. The van der Waals surface area contributed by atoms with Gasteiger partial charge in [-0.1, -0.05) is 0 Å². The van der Waals surface area contributed by atoms with Gasteiger partial charge in [0.1, 0.15) is 6.61 Å². The maximum atomic E-state index is 11.2. The van der Waals surface area contributed by atoms with Crippen LogP contribution in [0.25, 0.3) is 0 Å². The van der Waals surface area contributed by atoms with Gasteiger partial charge in [-0.05, 0) is 55.9 Å². The molecule has 2 N–H and O–H groups in total. The molecule has 4 fully saturated rings. The molecule has 17 heavy (non-hydrogen) atoms. The van der Waals surface area contributed by atoms with E-state index in [0.29, 0.717) is 5.41 Å². The van der Waals surface area contributed by atoms with E-state index in [4.69, 9.17) is 10.5 Å². The molecule has 96 valence electrons. The lowest BCUT2D eigenvalue weighted by atomic mass is 9.67. The van der Waals surface area contributed by atoms with Crippen LogP contribution in [0.2, 0.25) is 0 Å². The third-order valence-electron chi connectivity index (χ3n) is 5.18. The van der Waals surface area contributed by atoms with Gasteiger partial charge in [0, 0.05) is 0 Å². The summed E-state index contributed by atoms with van der Waals surface area (Å²) >= 11 is 0. The van der Waals surface area contributed by atoms with Crippen LogP contribution in [-0.2, 0) is 14.3 Å². The Balaban J connectivity index is 1.71. The number of rotatable bonds is 4. The topological polar surface area (TPSA) is 61.5 Å². The molecular weight excluding hydrogens is 218 g/mol. The smallest absolute Gasteiger partial charge is 0.331 e. The summed E-state index contributed by atoms with van der Waals surface area (Å²) in [7, 11) is 1.40. The Labute approximate surface area is 102 Å². The number of hydrogen-bond acceptors (Lipinski definition) is 4. The molecule has 2 atom stereocenters. The summed E-state index contributed by atoms with van der Waals surface area (Å²) in [5, 5.41) is 0. The lowest BCUT2D eigenvalue weighted by Crippen LogP contribution is -2.46. The van der Waals surface area contributed by atoms with Crippen molar-refractivity contribution < 1.29 is 14.3 Å². The molecule has 4 heteroatoms. The lowest BCUT2D eigenvalue weighted by Gasteiger charge is -2.45. The van der Waals surface area contributed by atoms with Crippen LogP contribution in [0.3, 0.4) is 0 Å². The van der Waals surface area contributed by atoms with Crippen molar-refractivity contribution in [2.75, 3.05) is 20.3 Å². The normalized spacial score (nSPS) is 46.5. The van der Waals surface area contributed by atoms with Crippen molar-refractivity contribution in [1.29, 1.82) is 0 Å². The predicted molar refractivity (Wildman–Crippen MR) is 62.3 cm³/mol. The third kappa shape index (κ3) is 1.69. The molecule has 0 spiro atoms. The number of methoxy groups -OCH3 is 1. The van der Waals surface area contributed by atoms with E-state index in [1.165, 1.54) is 20.0 Å². The number of nitrogens with two attached hydrogens (primary N) is 1. The number of carbonyl (C=O) groups excluding carboxylic acids is 1. The first-order valence-electron chi connectivity index (χ1n) is 6.51. The van der Waals surface area contributed by atoms with Gasteiger partial charge < -0.3 is 15.2 Å². The van der Waals surface area contributed by atoms with Gasteiger partial charge in [-0.15, -0.1) is 0 Å². The van der Waals surface area contributed by atoms with Crippen molar-refractivity contribution >= 4 is 5.97 Å². The van der Waals surface area contributed by atoms with Crippen LogP contribution < -0.4 is 5.73 Å². The van der Waals surface area contributed by atoms with Crippen LogP contribution in [0, 0.1) is 17.3 Å². The minimum absolute atomic E-state index is 0.0700. The first-order valence-corrected chi connectivity index (χ1v) is 6.51. The fourth-order valence-electron chi connectivity index (χ4n) is 4.70. The Morgan fingerprint density at radius 1 is 1.29 bits per heavy atom. The van der Waals surface area contributed by atoms with Crippen LogP contribution >= 0.6 is 0 Å². The predicted octanol–water partition coefficient (Wildman–Crippen LogP) is 1.08. The van der Waals surface area contributed by atoms with Crippen molar-refractivity contribution in [2.24, 2.45) is 23.0 Å². The maximum absolute atomic E-state index is 11.2. The maximum Gasteiger partial charge on any atom is 0.331 e. The van der Waals surface area contributed by atoms with E-state index in [1.54, 1.807) is 0 Å². The quantitative estimate of drug-likeness (QED) is 0.746. The molecule has 4 nitrogen and oxygen atoms in total. The van der Waals surface area contributed by atoms with Crippen molar-refractivity contribution in [3.8, 4) is 0 Å². The number of esters is 1. The Kier molecular flexibility index (Phi) is 2.49. The van der Waals surface area contributed by atoms with Crippen molar-refractivity contribution in [2.45, 2.75) is 37.7 Å². The molecule has 4 aliphatic carbocycles. The van der Waals surface area contributed by atoms with Gasteiger partial charge in [0.25, 0.3) is 0 Å². The average molecular weight is 239 g/mol. The van der Waals surface area contributed by atoms with Crippen LogP contribution in [0.15, 0.2) is 0 Å². The van der Waals surface area contributed by atoms with Gasteiger partial charge in [0.05, 0.1) is 12.7 Å². The number of ether oxygens (including phenoxy) is 2. The fraction of sp³-hybridized carbons (Fsp3) is 0.923. The molecule has 4 saturated carbocycles. The van der Waals surface area contributed by atoms with E-state index in [2.05, 4.69) is 4.74 Å². The second kappa shape index (κ2) is 3.69. The van der Waals surface area contributed by atoms with Gasteiger partial charge in [-0.2, -0.15) is 0 Å². The second-order valence-electron chi connectivity index (χ2n) is 6.27. The Bertz CT molecular complexity index is 328. The highest BCUT2D eigenvalue weighted by Gasteiger charge is 2.62. The second-order valence-corrected chi connectivity index (χ2v) is 6.27. The van der Waals surface area contributed by atoms with Gasteiger partial charge >= 0.3 is 5.97 Å². The molecule has 0 heterocycles. The summed E-state index contributed by atoms with van der Waals surface area (Å²) in [6, 6.07) is 0. The lowest BCUT2D eigenvalue weighted by molar-refractivity contribution is -0.159. The largest absolute Gasteiger partial charge is 0.467 e. The molecule has 0 aliphatic heterocycles. The Morgan fingerprint density at radius 3 is 2.47 bits per heavy atom. The third-order valence-corrected chi connectivity index (χ3v) is 5.18. The van der Waals surface area contributed by atoms with E-state index >= 15 is 0 Å². The van der Waals surface area contributed by atoms with E-state index in [1.807, 2.05) is 0 Å². The molecule has 0 aromatic rings. The standard InChI is InChI=1S/C13H21NO3/c1-16-11(15)6-17-13-4-9-2-12(7-13,8-14)3-10(9)5-13/h9-10H,2-8,14H2,1H3. The van der Waals surface area contributed by atoms with Crippen LogP contribution in [0.1, 0.15) is 32.1 Å². The monoisotopic (exact) mass is 239 g/mol. The molecule has 2 unspecified atom stereocenters. The summed E-state index contributed by atoms with van der Waals surface area (Å²) in [5.74, 6) is 1.29. The SMILES string of the molecule is COC(=O)COC12CC3CC(CN)(CC3C1)C2. The van der Waals surface area contributed by atoms with E-state index in [-0.39, 0.29) is 18.2 Å². The van der Waals surface area contributed by atoms with Gasteiger partial charge in [-0.25, -0.2) is 4.79 Å². The molecular formula is C13H21NO3. The van der Waals surface area contributed by atoms with E-state index < -0.39 is 0 Å². The minimum atomic E-state index is -0.274. The highest BCUT2D eigenvalue weighted by molar-refractivity contribution is 5.70. The number of hydrogen-bond donors (Lipinski definition) is 1. The van der Waals surface area contributed by atoms with Crippen molar-refractivity contribution in [3.05, 3.63) is 0 Å². The number of carbonyl (C=O) groups is 1. The molecule has 0 aromatic heterocycles. The van der Waals surface area contributed by atoms with Crippen LogP contribution in [0.4, 0.5) is 0 Å². The van der Waals surface area contributed by atoms with Gasteiger partial charge in [0.15, 0.2) is 0 Å². The molecule has 4 aliphatic rings. The van der Waals surface area contributed by atoms with Crippen LogP contribution in [0.5, 0.6) is 0 Å². The summed E-state index contributed by atoms with van der Waals surface area (Å²) in [6.45, 7) is 0.861. The fourth-order valence-corrected chi connectivity index (χ4v) is 4.70. The van der Waals surface area contributed by atoms with Crippen molar-refractivity contribution in [3.63, 3.8) is 0 Å². The zero-order valence-corrected chi connectivity index (χ0v) is 10.4. The first-order chi connectivity index (χ1) is 8.10. The summed E-state index contributed by atoms with van der Waals surface area (Å²) in [6.07, 6.45) is 5.84. The van der Waals surface area contributed by atoms with Crippen LogP contribution in [-0.4, -0.2) is 31.8 Å². The van der Waals surface area contributed by atoms with Gasteiger partial charge in [0.2, 0.25) is 0 Å². The minimum Gasteiger partial charge on any atom is -0.467 e. The molecule has 0 amide bonds. The zero-order valence-electron chi connectivity index (χ0n) is 10.4. The average Bonchev–Trinajstić information content (AvgIpc) is 2.73. The summed E-state index contributed by atoms with van der Waals surface area (Å²) < 4.78 is 10.6. The first kappa shape index (κ1) is 11.5. The zero-order chi connectivity index (χ0) is 12.1. The van der Waals surface area contributed by atoms with Gasteiger partial charge in [-0.3, -0.25) is 0 Å².